The molecule has 106 valence electrons. The van der Waals surface area contributed by atoms with Gasteiger partial charge >= 0.3 is 6.18 Å². The number of pyridine rings is 1. The van der Waals surface area contributed by atoms with Crippen molar-refractivity contribution in [2.24, 2.45) is 0 Å². The van der Waals surface area contributed by atoms with Crippen molar-refractivity contribution in [2.75, 3.05) is 26.2 Å². The molecule has 1 aliphatic rings. The molecule has 19 heavy (non-hydrogen) atoms. The van der Waals surface area contributed by atoms with Gasteiger partial charge in [0, 0.05) is 31.7 Å². The number of alkyl halides is 3. The summed E-state index contributed by atoms with van der Waals surface area (Å²) in [7, 11) is 0. The van der Waals surface area contributed by atoms with E-state index in [0.717, 1.165) is 0 Å². The number of nitrogens with one attached hydrogen (secondary N) is 1. The van der Waals surface area contributed by atoms with Gasteiger partial charge in [-0.25, -0.2) is 4.98 Å². The highest BCUT2D eigenvalue weighted by Gasteiger charge is 2.46. The Bertz CT molecular complexity index is 447. The molecule has 0 aromatic carbocycles. The monoisotopic (exact) mass is 313 g/mol. The summed E-state index contributed by atoms with van der Waals surface area (Å²) in [5.74, 6) is 0. The molecule has 2 rings (SSSR count). The van der Waals surface area contributed by atoms with Crippen molar-refractivity contribution in [3.05, 3.63) is 28.0 Å². The van der Waals surface area contributed by atoms with Crippen LogP contribution in [0, 0.1) is 0 Å². The van der Waals surface area contributed by atoms with Crippen molar-refractivity contribution in [1.29, 1.82) is 0 Å². The van der Waals surface area contributed by atoms with E-state index in [1.165, 1.54) is 17.0 Å². The topological polar surface area (TPSA) is 28.2 Å². The first kappa shape index (κ1) is 14.8. The maximum Gasteiger partial charge on any atom is 0.408 e. The lowest BCUT2D eigenvalue weighted by molar-refractivity contribution is -0.187. The SMILES string of the molecule is FC(F)(F)[C@H](c1ccc(Cl)nc1Cl)N1CCNCC1. The minimum Gasteiger partial charge on any atom is -0.314 e. The van der Waals surface area contributed by atoms with Gasteiger partial charge in [0.1, 0.15) is 16.3 Å². The van der Waals surface area contributed by atoms with E-state index in [1.807, 2.05) is 0 Å². The second-order valence-electron chi connectivity index (χ2n) is 4.24. The van der Waals surface area contributed by atoms with E-state index in [2.05, 4.69) is 10.3 Å². The second kappa shape index (κ2) is 5.83. The number of rotatable bonds is 2. The summed E-state index contributed by atoms with van der Waals surface area (Å²) in [6.07, 6.45) is -4.41. The molecular weight excluding hydrogens is 302 g/mol. The van der Waals surface area contributed by atoms with Crippen molar-refractivity contribution < 1.29 is 13.2 Å². The third kappa shape index (κ3) is 3.51. The average molecular weight is 314 g/mol. The van der Waals surface area contributed by atoms with Crippen LogP contribution < -0.4 is 5.32 Å². The fraction of sp³-hybridized carbons (Fsp3) is 0.545. The highest BCUT2D eigenvalue weighted by atomic mass is 35.5. The minimum absolute atomic E-state index is 0.0551. The zero-order valence-electron chi connectivity index (χ0n) is 9.84. The summed E-state index contributed by atoms with van der Waals surface area (Å²) in [5, 5.41) is 2.90. The highest BCUT2D eigenvalue weighted by molar-refractivity contribution is 6.32. The highest BCUT2D eigenvalue weighted by Crippen LogP contribution is 2.40. The predicted molar refractivity (Wildman–Crippen MR) is 67.5 cm³/mol. The Balaban J connectivity index is 2.36. The molecule has 3 nitrogen and oxygen atoms in total. The summed E-state index contributed by atoms with van der Waals surface area (Å²) in [5.41, 5.74) is -0.0551. The summed E-state index contributed by atoms with van der Waals surface area (Å²) in [4.78, 5) is 5.05. The largest absolute Gasteiger partial charge is 0.408 e. The maximum absolute atomic E-state index is 13.3. The van der Waals surface area contributed by atoms with Crippen LogP contribution in [0.3, 0.4) is 0 Å². The van der Waals surface area contributed by atoms with Crippen LogP contribution in [-0.4, -0.2) is 42.2 Å². The molecule has 0 radical (unpaired) electrons. The van der Waals surface area contributed by atoms with Gasteiger partial charge in [-0.2, -0.15) is 13.2 Å². The van der Waals surface area contributed by atoms with Crippen molar-refractivity contribution in [2.45, 2.75) is 12.2 Å². The standard InChI is InChI=1S/C11H12Cl2F3N3/c12-8-2-1-7(10(13)18-8)9(11(14,15)16)19-5-3-17-4-6-19/h1-2,9,17H,3-6H2/t9-/m0/s1. The fourth-order valence-corrected chi connectivity index (χ4v) is 2.60. The summed E-state index contributed by atoms with van der Waals surface area (Å²) in [6, 6.07) is 0.869. The van der Waals surface area contributed by atoms with E-state index in [1.54, 1.807) is 0 Å². The van der Waals surface area contributed by atoms with Crippen LogP contribution in [0.2, 0.25) is 10.3 Å². The number of halogens is 5. The number of nitrogens with zero attached hydrogens (tertiary/aromatic N) is 2. The van der Waals surface area contributed by atoms with Crippen LogP contribution in [-0.2, 0) is 0 Å². The number of piperazine rings is 1. The summed E-state index contributed by atoms with van der Waals surface area (Å²) in [6.45, 7) is 1.66. The molecule has 0 aliphatic carbocycles. The summed E-state index contributed by atoms with van der Waals surface area (Å²) < 4.78 is 39.9. The van der Waals surface area contributed by atoms with Crippen molar-refractivity contribution >= 4 is 23.2 Å². The van der Waals surface area contributed by atoms with Crippen molar-refractivity contribution in [3.8, 4) is 0 Å². The van der Waals surface area contributed by atoms with E-state index in [9.17, 15) is 13.2 Å². The van der Waals surface area contributed by atoms with Crippen LogP contribution >= 0.6 is 23.2 Å². The van der Waals surface area contributed by atoms with Crippen molar-refractivity contribution in [3.63, 3.8) is 0 Å². The second-order valence-corrected chi connectivity index (χ2v) is 4.99. The van der Waals surface area contributed by atoms with Crippen LogP contribution in [0.5, 0.6) is 0 Å². The Morgan fingerprint density at radius 1 is 1.21 bits per heavy atom. The van der Waals surface area contributed by atoms with Crippen LogP contribution in [0.4, 0.5) is 13.2 Å². The molecule has 0 bridgehead atoms. The van der Waals surface area contributed by atoms with Gasteiger partial charge in [0.25, 0.3) is 0 Å². The molecule has 0 unspecified atom stereocenters. The first-order chi connectivity index (χ1) is 8.89. The summed E-state index contributed by atoms with van der Waals surface area (Å²) >= 11 is 11.4. The lowest BCUT2D eigenvalue weighted by Crippen LogP contribution is -2.49. The molecule has 1 aromatic rings. The van der Waals surface area contributed by atoms with Gasteiger partial charge in [0.15, 0.2) is 0 Å². The van der Waals surface area contributed by atoms with Crippen LogP contribution in [0.25, 0.3) is 0 Å². The van der Waals surface area contributed by atoms with Gasteiger partial charge < -0.3 is 5.32 Å². The maximum atomic E-state index is 13.3. The number of hydrogen-bond acceptors (Lipinski definition) is 3. The Morgan fingerprint density at radius 2 is 1.84 bits per heavy atom. The first-order valence-electron chi connectivity index (χ1n) is 5.73. The van der Waals surface area contributed by atoms with Crippen molar-refractivity contribution in [1.82, 2.24) is 15.2 Å². The van der Waals surface area contributed by atoms with Gasteiger partial charge in [-0.05, 0) is 6.07 Å². The number of hydrogen-bond donors (Lipinski definition) is 1. The zero-order valence-corrected chi connectivity index (χ0v) is 11.4. The van der Waals surface area contributed by atoms with Gasteiger partial charge in [-0.3, -0.25) is 4.90 Å². The molecule has 1 aliphatic heterocycles. The van der Waals surface area contributed by atoms with E-state index < -0.39 is 12.2 Å². The third-order valence-corrected chi connectivity index (χ3v) is 3.48. The Kier molecular flexibility index (Phi) is 4.55. The van der Waals surface area contributed by atoms with E-state index in [-0.39, 0.29) is 15.9 Å². The minimum atomic E-state index is -4.41. The fourth-order valence-electron chi connectivity index (χ4n) is 2.15. The van der Waals surface area contributed by atoms with E-state index in [0.29, 0.717) is 26.2 Å². The van der Waals surface area contributed by atoms with E-state index >= 15 is 0 Å². The molecule has 1 saturated heterocycles. The molecule has 1 N–H and O–H groups in total. The normalized spacial score (nSPS) is 19.4. The van der Waals surface area contributed by atoms with Crippen LogP contribution in [0.1, 0.15) is 11.6 Å². The lowest BCUT2D eigenvalue weighted by Gasteiger charge is -2.36. The third-order valence-electron chi connectivity index (χ3n) is 2.96. The first-order valence-corrected chi connectivity index (χ1v) is 6.48. The van der Waals surface area contributed by atoms with Gasteiger partial charge in [-0.1, -0.05) is 29.3 Å². The smallest absolute Gasteiger partial charge is 0.314 e. The molecule has 2 heterocycles. The quantitative estimate of drug-likeness (QED) is 0.851. The molecule has 0 spiro atoms. The molecule has 1 fully saturated rings. The van der Waals surface area contributed by atoms with E-state index in [4.69, 9.17) is 23.2 Å². The molecule has 0 saturated carbocycles. The molecule has 0 amide bonds. The van der Waals surface area contributed by atoms with Gasteiger partial charge in [0.2, 0.25) is 0 Å². The van der Waals surface area contributed by atoms with Crippen LogP contribution in [0.15, 0.2) is 12.1 Å². The average Bonchev–Trinajstić information content (AvgIpc) is 2.32. The zero-order chi connectivity index (χ0) is 14.0. The van der Waals surface area contributed by atoms with Gasteiger partial charge in [0.05, 0.1) is 0 Å². The predicted octanol–water partition coefficient (Wildman–Crippen LogP) is 2.90. The Labute approximate surface area is 118 Å². The molecule has 1 aromatic heterocycles. The molecular formula is C11H12Cl2F3N3. The Morgan fingerprint density at radius 3 is 2.37 bits per heavy atom. The number of aromatic nitrogens is 1. The molecule has 1 atom stereocenters. The molecule has 8 heteroatoms. The van der Waals surface area contributed by atoms with Gasteiger partial charge in [-0.15, -0.1) is 0 Å². The lowest BCUT2D eigenvalue weighted by atomic mass is 10.1. The Hall–Kier alpha value is -0.560.